The molecule has 0 aliphatic heterocycles. The van der Waals surface area contributed by atoms with Crippen molar-refractivity contribution in [3.63, 3.8) is 0 Å². The standard InChI is InChI=1S/C16H13FN2.C8H16N2O2/c17-15-9-7-12(8-10-15)3-1-4-13-5-2-6-14(11-13)16(18)19;9-10-5-6-1-3-7(4-2-6)8(11)12/h2,5-11H,3H2,(H3,18,19);6-7,10H,1-5,9H2,(H,11,12). The summed E-state index contributed by atoms with van der Waals surface area (Å²) in [6, 6.07) is 13.5. The number of amidine groups is 1. The van der Waals surface area contributed by atoms with Crippen LogP contribution >= 0.6 is 0 Å². The van der Waals surface area contributed by atoms with Crippen molar-refractivity contribution in [2.24, 2.45) is 23.4 Å². The number of nitrogens with two attached hydrogens (primary N) is 2. The molecule has 3 rings (SSSR count). The van der Waals surface area contributed by atoms with E-state index in [1.54, 1.807) is 24.3 Å². The van der Waals surface area contributed by atoms with Crippen LogP contribution in [0.4, 0.5) is 4.39 Å². The van der Waals surface area contributed by atoms with Crippen LogP contribution in [0.15, 0.2) is 48.5 Å². The summed E-state index contributed by atoms with van der Waals surface area (Å²) in [4.78, 5) is 10.6. The van der Waals surface area contributed by atoms with E-state index in [2.05, 4.69) is 17.3 Å². The van der Waals surface area contributed by atoms with Gasteiger partial charge in [0.15, 0.2) is 0 Å². The molecule has 164 valence electrons. The normalized spacial score (nSPS) is 17.5. The lowest BCUT2D eigenvalue weighted by Crippen LogP contribution is -2.32. The number of nitrogens with one attached hydrogen (secondary N) is 2. The highest BCUT2D eigenvalue weighted by atomic mass is 19.1. The number of hydrazine groups is 1. The minimum atomic E-state index is -0.644. The molecule has 0 heterocycles. The molecule has 0 atom stereocenters. The second-order valence-corrected chi connectivity index (χ2v) is 7.56. The molecule has 0 amide bonds. The summed E-state index contributed by atoms with van der Waals surface area (Å²) in [5.41, 5.74) is 10.5. The molecule has 7 heteroatoms. The molecule has 0 spiro atoms. The smallest absolute Gasteiger partial charge is 0.306 e. The van der Waals surface area contributed by atoms with Crippen LogP contribution in [0.2, 0.25) is 0 Å². The zero-order chi connectivity index (χ0) is 22.6. The summed E-state index contributed by atoms with van der Waals surface area (Å²) < 4.78 is 12.7. The number of carboxylic acids is 1. The lowest BCUT2D eigenvalue weighted by Gasteiger charge is -2.25. The maximum Gasteiger partial charge on any atom is 0.306 e. The van der Waals surface area contributed by atoms with Crippen LogP contribution in [0.1, 0.15) is 42.4 Å². The Hall–Kier alpha value is -3.21. The summed E-state index contributed by atoms with van der Waals surface area (Å²) in [7, 11) is 0. The number of aliphatic carboxylic acids is 1. The predicted octanol–water partition coefficient (Wildman–Crippen LogP) is 3.04. The molecule has 0 unspecified atom stereocenters. The van der Waals surface area contributed by atoms with Crippen LogP contribution in [-0.4, -0.2) is 23.5 Å². The first-order valence-electron chi connectivity index (χ1n) is 10.2. The molecule has 1 aliphatic carbocycles. The summed E-state index contributed by atoms with van der Waals surface area (Å²) in [5.74, 6) is 10.8. The van der Waals surface area contributed by atoms with Gasteiger partial charge in [-0.15, -0.1) is 0 Å². The van der Waals surface area contributed by atoms with Crippen molar-refractivity contribution in [2.45, 2.75) is 32.1 Å². The molecule has 0 bridgehead atoms. The molecule has 0 aromatic heterocycles. The molecular weight excluding hydrogens is 395 g/mol. The zero-order valence-electron chi connectivity index (χ0n) is 17.4. The second-order valence-electron chi connectivity index (χ2n) is 7.56. The van der Waals surface area contributed by atoms with E-state index in [4.69, 9.17) is 22.1 Å². The first-order chi connectivity index (χ1) is 14.9. The minimum absolute atomic E-state index is 0.0298. The lowest BCUT2D eigenvalue weighted by atomic mass is 9.82. The number of hydrogen-bond acceptors (Lipinski definition) is 4. The van der Waals surface area contributed by atoms with Crippen molar-refractivity contribution in [1.82, 2.24) is 5.43 Å². The van der Waals surface area contributed by atoms with Crippen molar-refractivity contribution in [3.05, 3.63) is 71.0 Å². The highest BCUT2D eigenvalue weighted by Crippen LogP contribution is 2.28. The van der Waals surface area contributed by atoms with E-state index in [0.29, 0.717) is 17.9 Å². The van der Waals surface area contributed by atoms with Gasteiger partial charge in [-0.3, -0.25) is 21.5 Å². The third kappa shape index (κ3) is 8.59. The molecule has 2 aromatic carbocycles. The van der Waals surface area contributed by atoms with Crippen molar-refractivity contribution >= 4 is 11.8 Å². The molecular formula is C24H29FN4O2. The topological polar surface area (TPSA) is 125 Å². The lowest BCUT2D eigenvalue weighted by molar-refractivity contribution is -0.143. The van der Waals surface area contributed by atoms with Crippen molar-refractivity contribution in [2.75, 3.05) is 6.54 Å². The largest absolute Gasteiger partial charge is 0.481 e. The highest BCUT2D eigenvalue weighted by Gasteiger charge is 2.25. The van der Waals surface area contributed by atoms with Crippen molar-refractivity contribution < 1.29 is 14.3 Å². The van der Waals surface area contributed by atoms with Gasteiger partial charge in [0.25, 0.3) is 0 Å². The van der Waals surface area contributed by atoms with Gasteiger partial charge >= 0.3 is 5.97 Å². The number of rotatable bonds is 5. The molecule has 0 saturated heterocycles. The highest BCUT2D eigenvalue weighted by molar-refractivity contribution is 5.95. The van der Waals surface area contributed by atoms with Gasteiger partial charge in [0.05, 0.1) is 5.92 Å². The molecule has 1 fully saturated rings. The predicted molar refractivity (Wildman–Crippen MR) is 120 cm³/mol. The molecule has 0 radical (unpaired) electrons. The Kier molecular flexibility index (Phi) is 9.69. The van der Waals surface area contributed by atoms with Gasteiger partial charge in [-0.2, -0.15) is 0 Å². The van der Waals surface area contributed by atoms with E-state index in [0.717, 1.165) is 43.4 Å². The van der Waals surface area contributed by atoms with Crippen LogP contribution in [0.5, 0.6) is 0 Å². The van der Waals surface area contributed by atoms with Gasteiger partial charge in [-0.05, 0) is 61.4 Å². The average Bonchev–Trinajstić information content (AvgIpc) is 2.76. The number of halogens is 1. The summed E-state index contributed by atoms with van der Waals surface area (Å²) in [6.07, 6.45) is 4.15. The molecule has 2 aromatic rings. The zero-order valence-corrected chi connectivity index (χ0v) is 17.4. The fourth-order valence-corrected chi connectivity index (χ4v) is 3.40. The third-order valence-electron chi connectivity index (χ3n) is 5.21. The average molecular weight is 425 g/mol. The van der Waals surface area contributed by atoms with E-state index in [-0.39, 0.29) is 17.6 Å². The summed E-state index contributed by atoms with van der Waals surface area (Å²) >= 11 is 0. The van der Waals surface area contributed by atoms with E-state index in [9.17, 15) is 9.18 Å². The molecule has 7 N–H and O–H groups in total. The fourth-order valence-electron chi connectivity index (χ4n) is 3.40. The summed E-state index contributed by atoms with van der Waals surface area (Å²) in [5, 5.41) is 16.1. The van der Waals surface area contributed by atoms with Gasteiger partial charge in [-0.1, -0.05) is 36.1 Å². The van der Waals surface area contributed by atoms with Crippen molar-refractivity contribution in [1.29, 1.82) is 5.41 Å². The molecule has 1 saturated carbocycles. The first kappa shape index (κ1) is 24.1. The Labute approximate surface area is 182 Å². The van der Waals surface area contributed by atoms with Gasteiger partial charge in [0.2, 0.25) is 0 Å². The Morgan fingerprint density at radius 3 is 2.42 bits per heavy atom. The van der Waals surface area contributed by atoms with E-state index < -0.39 is 5.97 Å². The Bertz CT molecular complexity index is 927. The number of hydrogen-bond donors (Lipinski definition) is 5. The first-order valence-corrected chi connectivity index (χ1v) is 10.2. The molecule has 31 heavy (non-hydrogen) atoms. The number of carbonyl (C=O) groups is 1. The number of benzene rings is 2. The number of carboxylic acid groups (broad SMARTS) is 1. The van der Waals surface area contributed by atoms with Crippen LogP contribution in [0.3, 0.4) is 0 Å². The van der Waals surface area contributed by atoms with Crippen LogP contribution in [-0.2, 0) is 11.2 Å². The van der Waals surface area contributed by atoms with E-state index >= 15 is 0 Å². The van der Waals surface area contributed by atoms with Gasteiger partial charge < -0.3 is 10.8 Å². The third-order valence-corrected chi connectivity index (χ3v) is 5.21. The Balaban J connectivity index is 0.000000245. The number of nitrogen functional groups attached to an aromatic ring is 1. The fraction of sp³-hybridized carbons (Fsp3) is 0.333. The van der Waals surface area contributed by atoms with Crippen LogP contribution < -0.4 is 17.0 Å². The van der Waals surface area contributed by atoms with E-state index in [1.807, 2.05) is 12.1 Å². The van der Waals surface area contributed by atoms with Gasteiger partial charge in [-0.25, -0.2) is 4.39 Å². The maximum atomic E-state index is 12.7. The second kappa shape index (κ2) is 12.5. The quantitative estimate of drug-likeness (QED) is 0.166. The SMILES string of the molecule is N=C(N)c1cccc(C#CCc2ccc(F)cc2)c1.NNCC1CCC(C(=O)O)CC1. The Morgan fingerprint density at radius 2 is 1.84 bits per heavy atom. The maximum absolute atomic E-state index is 12.7. The van der Waals surface area contributed by atoms with Gasteiger partial charge in [0, 0.05) is 24.1 Å². The molecule has 1 aliphatic rings. The van der Waals surface area contributed by atoms with Crippen molar-refractivity contribution in [3.8, 4) is 11.8 Å². The summed E-state index contributed by atoms with van der Waals surface area (Å²) in [6.45, 7) is 0.812. The van der Waals surface area contributed by atoms with Crippen LogP contribution in [0.25, 0.3) is 0 Å². The Morgan fingerprint density at radius 1 is 1.16 bits per heavy atom. The van der Waals surface area contributed by atoms with E-state index in [1.165, 1.54) is 12.1 Å². The van der Waals surface area contributed by atoms with Crippen LogP contribution in [0, 0.1) is 34.9 Å². The molecule has 6 nitrogen and oxygen atoms in total. The monoisotopic (exact) mass is 424 g/mol. The minimum Gasteiger partial charge on any atom is -0.481 e. The van der Waals surface area contributed by atoms with Gasteiger partial charge in [0.1, 0.15) is 11.7 Å².